The van der Waals surface area contributed by atoms with Gasteiger partial charge in [0.25, 0.3) is 5.56 Å². The molecule has 1 N–H and O–H groups in total. The fourth-order valence-corrected chi connectivity index (χ4v) is 4.93. The molecule has 1 aromatic carbocycles. The second kappa shape index (κ2) is 7.94. The Morgan fingerprint density at radius 3 is 3.00 bits per heavy atom. The number of nitrogens with zero attached hydrogens (tertiary/aromatic N) is 1. The van der Waals surface area contributed by atoms with E-state index in [1.807, 2.05) is 0 Å². The Balaban J connectivity index is 1.48. The first kappa shape index (κ1) is 19.6. The normalized spacial score (nSPS) is 17.0. The zero-order valence-corrected chi connectivity index (χ0v) is 17.0. The average molecular weight is 416 g/mol. The number of hydrogen-bond donors (Lipinski definition) is 1. The molecular weight excluding hydrogens is 395 g/mol. The molecule has 0 fully saturated rings. The highest BCUT2D eigenvalue weighted by Crippen LogP contribution is 2.35. The van der Waals surface area contributed by atoms with Crippen molar-refractivity contribution in [3.8, 4) is 5.75 Å². The lowest BCUT2D eigenvalue weighted by Crippen LogP contribution is -2.21. The van der Waals surface area contributed by atoms with Crippen molar-refractivity contribution in [2.24, 2.45) is 5.92 Å². The lowest BCUT2D eigenvalue weighted by atomic mass is 9.89. The topological polar surface area (TPSA) is 81.3 Å². The first-order valence-corrected chi connectivity index (χ1v) is 10.3. The third-order valence-electron chi connectivity index (χ3n) is 5.06. The summed E-state index contributed by atoms with van der Waals surface area (Å²) in [7, 11) is 0. The predicted molar refractivity (Wildman–Crippen MR) is 108 cm³/mol. The molecule has 0 bridgehead atoms. The van der Waals surface area contributed by atoms with Crippen LogP contribution < -0.4 is 10.3 Å². The van der Waals surface area contributed by atoms with Crippen LogP contribution in [0.4, 0.5) is 4.39 Å². The van der Waals surface area contributed by atoms with Gasteiger partial charge in [-0.15, -0.1) is 11.3 Å². The van der Waals surface area contributed by atoms with Crippen molar-refractivity contribution in [2.45, 2.75) is 39.2 Å². The van der Waals surface area contributed by atoms with Crippen LogP contribution in [0.25, 0.3) is 10.2 Å². The van der Waals surface area contributed by atoms with Gasteiger partial charge >= 0.3 is 5.97 Å². The first-order valence-electron chi connectivity index (χ1n) is 9.53. The number of H-pyrrole nitrogens is 1. The zero-order valence-electron chi connectivity index (χ0n) is 16.2. The van der Waals surface area contributed by atoms with Crippen molar-refractivity contribution in [1.29, 1.82) is 0 Å². The molecule has 3 aromatic rings. The SMILES string of the molecule is C[C@H]1CCc2c(sc3nc([C@@H](C)OC(=O)COc4ccccc4F)[nH]c(=O)c23)C1. The van der Waals surface area contributed by atoms with E-state index in [0.29, 0.717) is 16.1 Å². The molecule has 1 aliphatic rings. The minimum absolute atomic E-state index is 0.0246. The summed E-state index contributed by atoms with van der Waals surface area (Å²) in [6, 6.07) is 5.81. The number of aromatic amines is 1. The van der Waals surface area contributed by atoms with E-state index in [9.17, 15) is 14.0 Å². The van der Waals surface area contributed by atoms with Gasteiger partial charge in [-0.1, -0.05) is 19.1 Å². The fraction of sp³-hybridized carbons (Fsp3) is 0.381. The van der Waals surface area contributed by atoms with Crippen LogP contribution in [0.3, 0.4) is 0 Å². The lowest BCUT2D eigenvalue weighted by molar-refractivity contribution is -0.151. The number of carbonyl (C=O) groups is 1. The molecule has 0 spiro atoms. The molecule has 152 valence electrons. The van der Waals surface area contributed by atoms with Crippen LogP contribution in [0.15, 0.2) is 29.1 Å². The Morgan fingerprint density at radius 2 is 2.21 bits per heavy atom. The van der Waals surface area contributed by atoms with E-state index in [2.05, 4.69) is 16.9 Å². The Morgan fingerprint density at radius 1 is 1.41 bits per heavy atom. The second-order valence-electron chi connectivity index (χ2n) is 7.33. The highest BCUT2D eigenvalue weighted by Gasteiger charge is 2.24. The number of fused-ring (bicyclic) bond motifs is 3. The molecular formula is C21H21FN2O4S. The Hall–Kier alpha value is -2.74. The summed E-state index contributed by atoms with van der Waals surface area (Å²) in [5.74, 6) is -0.371. The highest BCUT2D eigenvalue weighted by molar-refractivity contribution is 7.18. The average Bonchev–Trinajstić information content (AvgIpc) is 3.05. The van der Waals surface area contributed by atoms with Gasteiger partial charge in [0.05, 0.1) is 5.39 Å². The molecule has 2 atom stereocenters. The van der Waals surface area contributed by atoms with Crippen LogP contribution >= 0.6 is 11.3 Å². The minimum Gasteiger partial charge on any atom is -0.479 e. The summed E-state index contributed by atoms with van der Waals surface area (Å²) in [4.78, 5) is 33.9. The largest absolute Gasteiger partial charge is 0.479 e. The van der Waals surface area contributed by atoms with Crippen LogP contribution in [0.1, 0.15) is 42.6 Å². The van der Waals surface area contributed by atoms with Gasteiger partial charge in [0.2, 0.25) is 0 Å². The molecule has 0 saturated heterocycles. The van der Waals surface area contributed by atoms with Crippen LogP contribution in [0, 0.1) is 11.7 Å². The second-order valence-corrected chi connectivity index (χ2v) is 8.42. The number of hydrogen-bond acceptors (Lipinski definition) is 6. The lowest BCUT2D eigenvalue weighted by Gasteiger charge is -2.17. The standard InChI is InChI=1S/C21H21FN2O4S/c1-11-7-8-13-16(9-11)29-21-18(13)20(26)23-19(24-21)12(2)28-17(25)10-27-15-6-4-3-5-14(15)22/h3-6,11-12H,7-10H2,1-2H3,(H,23,24,26)/t11-,12+/m0/s1. The van der Waals surface area contributed by atoms with Crippen molar-refractivity contribution in [3.05, 3.63) is 56.7 Å². The van der Waals surface area contributed by atoms with Crippen molar-refractivity contribution in [1.82, 2.24) is 9.97 Å². The number of nitrogens with one attached hydrogen (secondary N) is 1. The third kappa shape index (κ3) is 4.03. The minimum atomic E-state index is -0.762. The van der Waals surface area contributed by atoms with Crippen molar-refractivity contribution in [2.75, 3.05) is 6.61 Å². The maximum Gasteiger partial charge on any atom is 0.344 e. The number of para-hydroxylation sites is 1. The maximum atomic E-state index is 13.6. The Kier molecular flexibility index (Phi) is 5.36. The van der Waals surface area contributed by atoms with E-state index < -0.39 is 24.5 Å². The fourth-order valence-electron chi connectivity index (χ4n) is 3.54. The van der Waals surface area contributed by atoms with Crippen LogP contribution in [0.2, 0.25) is 0 Å². The van der Waals surface area contributed by atoms with Crippen molar-refractivity contribution < 1.29 is 18.7 Å². The summed E-state index contributed by atoms with van der Waals surface area (Å²) in [5, 5.41) is 0.655. The number of ether oxygens (including phenoxy) is 2. The molecule has 8 heteroatoms. The van der Waals surface area contributed by atoms with Gasteiger partial charge in [-0.25, -0.2) is 14.2 Å². The number of aromatic nitrogens is 2. The highest BCUT2D eigenvalue weighted by atomic mass is 32.1. The third-order valence-corrected chi connectivity index (χ3v) is 6.21. The smallest absolute Gasteiger partial charge is 0.344 e. The van der Waals surface area contributed by atoms with E-state index in [4.69, 9.17) is 9.47 Å². The number of aryl methyl sites for hydroxylation is 1. The van der Waals surface area contributed by atoms with Gasteiger partial charge in [0, 0.05) is 4.88 Å². The monoisotopic (exact) mass is 416 g/mol. The predicted octanol–water partition coefficient (Wildman–Crippen LogP) is 3.93. The van der Waals surface area contributed by atoms with E-state index in [0.717, 1.165) is 24.8 Å². The molecule has 4 rings (SSSR count). The Labute approximate surface area is 170 Å². The molecule has 2 heterocycles. The number of halogens is 1. The number of esters is 1. The number of thiophene rings is 1. The summed E-state index contributed by atoms with van der Waals surface area (Å²) < 4.78 is 24.0. The van der Waals surface area contributed by atoms with Crippen LogP contribution in [0.5, 0.6) is 5.75 Å². The van der Waals surface area contributed by atoms with Crippen molar-refractivity contribution >= 4 is 27.5 Å². The van der Waals surface area contributed by atoms with Gasteiger partial charge in [-0.3, -0.25) is 4.79 Å². The van der Waals surface area contributed by atoms with Crippen LogP contribution in [-0.4, -0.2) is 22.5 Å². The maximum absolute atomic E-state index is 13.6. The van der Waals surface area contributed by atoms with E-state index in [1.165, 1.54) is 34.4 Å². The summed E-state index contributed by atoms with van der Waals surface area (Å²) in [6.45, 7) is 3.39. The summed E-state index contributed by atoms with van der Waals surface area (Å²) in [6.07, 6.45) is 2.15. The quantitative estimate of drug-likeness (QED) is 0.638. The number of benzene rings is 1. The van der Waals surface area contributed by atoms with Gasteiger partial charge < -0.3 is 14.5 Å². The molecule has 2 aromatic heterocycles. The van der Waals surface area contributed by atoms with E-state index >= 15 is 0 Å². The molecule has 6 nitrogen and oxygen atoms in total. The molecule has 29 heavy (non-hydrogen) atoms. The zero-order chi connectivity index (χ0) is 20.5. The summed E-state index contributed by atoms with van der Waals surface area (Å²) in [5.41, 5.74) is 0.897. The molecule has 0 amide bonds. The van der Waals surface area contributed by atoms with Gasteiger partial charge in [-0.05, 0) is 49.8 Å². The number of rotatable bonds is 5. The van der Waals surface area contributed by atoms with Crippen LogP contribution in [-0.2, 0) is 22.4 Å². The molecule has 0 radical (unpaired) electrons. The number of carbonyl (C=O) groups excluding carboxylic acids is 1. The molecule has 0 unspecified atom stereocenters. The molecule has 0 saturated carbocycles. The van der Waals surface area contributed by atoms with E-state index in [-0.39, 0.29) is 17.1 Å². The first-order chi connectivity index (χ1) is 13.9. The van der Waals surface area contributed by atoms with E-state index in [1.54, 1.807) is 13.0 Å². The Bertz CT molecular complexity index is 1120. The van der Waals surface area contributed by atoms with Gasteiger partial charge in [-0.2, -0.15) is 0 Å². The van der Waals surface area contributed by atoms with Gasteiger partial charge in [0.1, 0.15) is 4.83 Å². The van der Waals surface area contributed by atoms with Gasteiger partial charge in [0.15, 0.2) is 30.1 Å². The summed E-state index contributed by atoms with van der Waals surface area (Å²) >= 11 is 1.54. The molecule has 0 aliphatic heterocycles. The van der Waals surface area contributed by atoms with Crippen molar-refractivity contribution in [3.63, 3.8) is 0 Å². The molecule has 1 aliphatic carbocycles.